The third-order valence-corrected chi connectivity index (χ3v) is 6.68. The molecule has 0 atom stereocenters. The summed E-state index contributed by atoms with van der Waals surface area (Å²) in [4.78, 5) is 15.3. The Bertz CT molecular complexity index is 856. The van der Waals surface area contributed by atoms with Crippen LogP contribution in [0, 0.1) is 5.41 Å². The zero-order chi connectivity index (χ0) is 20.4. The van der Waals surface area contributed by atoms with E-state index in [0.29, 0.717) is 17.0 Å². The fraction of sp³-hybridized carbons (Fsp3) is 0.609. The number of likely N-dealkylation sites (tertiary alicyclic amines) is 1. The number of hydrogen-bond acceptors (Lipinski definition) is 4. The smallest absolute Gasteiger partial charge is 0.276 e. The maximum absolute atomic E-state index is 13.3. The molecule has 0 saturated carbocycles. The van der Waals surface area contributed by atoms with Crippen molar-refractivity contribution in [3.8, 4) is 5.69 Å². The highest BCUT2D eigenvalue weighted by Crippen LogP contribution is 2.37. The number of hydrogen-bond donors (Lipinski definition) is 1. The van der Waals surface area contributed by atoms with Gasteiger partial charge in [0, 0.05) is 19.6 Å². The van der Waals surface area contributed by atoms with Crippen molar-refractivity contribution in [2.45, 2.75) is 58.8 Å². The summed E-state index contributed by atoms with van der Waals surface area (Å²) in [5, 5.41) is 12.2. The third kappa shape index (κ3) is 3.95. The molecular formula is C23H33N5O. The van der Waals surface area contributed by atoms with Crippen LogP contribution < -0.4 is 5.32 Å². The molecule has 6 nitrogen and oxygen atoms in total. The van der Waals surface area contributed by atoms with Crippen LogP contribution in [0.4, 0.5) is 0 Å². The lowest BCUT2D eigenvalue weighted by molar-refractivity contribution is 0.0600. The van der Waals surface area contributed by atoms with E-state index >= 15 is 0 Å². The molecule has 0 unspecified atom stereocenters. The van der Waals surface area contributed by atoms with Gasteiger partial charge in [-0.2, -0.15) is 0 Å². The summed E-state index contributed by atoms with van der Waals surface area (Å²) in [5.74, 6) is 0.487. The van der Waals surface area contributed by atoms with Crippen molar-refractivity contribution in [2.24, 2.45) is 5.41 Å². The van der Waals surface area contributed by atoms with Crippen LogP contribution in [0.2, 0.25) is 0 Å². The Morgan fingerprint density at radius 2 is 2.03 bits per heavy atom. The fourth-order valence-electron chi connectivity index (χ4n) is 4.71. The molecule has 2 aliphatic rings. The van der Waals surface area contributed by atoms with E-state index in [0.717, 1.165) is 63.2 Å². The van der Waals surface area contributed by atoms with E-state index in [4.69, 9.17) is 0 Å². The monoisotopic (exact) mass is 395 g/mol. The minimum absolute atomic E-state index is 0.0421. The second-order valence-corrected chi connectivity index (χ2v) is 9.02. The molecule has 29 heavy (non-hydrogen) atoms. The Kier molecular flexibility index (Phi) is 5.72. The molecule has 2 saturated heterocycles. The molecule has 1 aromatic heterocycles. The molecule has 0 aliphatic carbocycles. The van der Waals surface area contributed by atoms with E-state index in [-0.39, 0.29) is 5.91 Å². The van der Waals surface area contributed by atoms with Gasteiger partial charge in [-0.05, 0) is 61.3 Å². The van der Waals surface area contributed by atoms with E-state index in [1.807, 2.05) is 15.6 Å². The molecule has 1 N–H and O–H groups in total. The van der Waals surface area contributed by atoms with Gasteiger partial charge in [-0.1, -0.05) is 44.5 Å². The highest BCUT2D eigenvalue weighted by molar-refractivity contribution is 5.93. The van der Waals surface area contributed by atoms with E-state index in [9.17, 15) is 4.79 Å². The first-order chi connectivity index (χ1) is 14.0. The van der Waals surface area contributed by atoms with Crippen LogP contribution in [0.5, 0.6) is 0 Å². The zero-order valence-electron chi connectivity index (χ0n) is 17.9. The predicted octanol–water partition coefficient (Wildman–Crippen LogP) is 3.56. The van der Waals surface area contributed by atoms with Crippen LogP contribution >= 0.6 is 0 Å². The van der Waals surface area contributed by atoms with E-state index in [1.165, 1.54) is 12.0 Å². The van der Waals surface area contributed by atoms with Crippen LogP contribution in [0.3, 0.4) is 0 Å². The maximum atomic E-state index is 13.3. The summed E-state index contributed by atoms with van der Waals surface area (Å²) < 4.78 is 1.87. The van der Waals surface area contributed by atoms with E-state index in [1.54, 1.807) is 0 Å². The summed E-state index contributed by atoms with van der Waals surface area (Å²) in [6.07, 6.45) is 5.14. The van der Waals surface area contributed by atoms with Gasteiger partial charge in [0.2, 0.25) is 0 Å². The van der Waals surface area contributed by atoms with Gasteiger partial charge >= 0.3 is 0 Å². The third-order valence-electron chi connectivity index (χ3n) is 6.68. The van der Waals surface area contributed by atoms with Gasteiger partial charge in [0.25, 0.3) is 5.91 Å². The SMILES string of the molecule is CCCc1c(C(=O)N2CCC3(CCNC3)CC2)nnn1-c1cccc(C(C)C)c1. The van der Waals surface area contributed by atoms with E-state index in [2.05, 4.69) is 54.6 Å². The Hall–Kier alpha value is -2.21. The minimum Gasteiger partial charge on any atom is -0.337 e. The normalized spacial score (nSPS) is 18.7. The van der Waals surface area contributed by atoms with Crippen LogP contribution in [-0.4, -0.2) is 52.0 Å². The van der Waals surface area contributed by atoms with Gasteiger partial charge in [0.15, 0.2) is 5.69 Å². The first-order valence-corrected chi connectivity index (χ1v) is 11.1. The molecule has 1 spiro atoms. The molecule has 4 rings (SSSR count). The number of aromatic nitrogens is 3. The van der Waals surface area contributed by atoms with Crippen LogP contribution in [0.15, 0.2) is 24.3 Å². The molecular weight excluding hydrogens is 362 g/mol. The van der Waals surface area contributed by atoms with Gasteiger partial charge < -0.3 is 10.2 Å². The highest BCUT2D eigenvalue weighted by Gasteiger charge is 2.39. The number of carbonyl (C=O) groups excluding carboxylic acids is 1. The van der Waals surface area contributed by atoms with Gasteiger partial charge in [-0.15, -0.1) is 5.10 Å². The highest BCUT2D eigenvalue weighted by atomic mass is 16.2. The van der Waals surface area contributed by atoms with Crippen molar-refractivity contribution in [2.75, 3.05) is 26.2 Å². The summed E-state index contributed by atoms with van der Waals surface area (Å²) in [7, 11) is 0. The van der Waals surface area contributed by atoms with Gasteiger partial charge in [0.1, 0.15) is 0 Å². The predicted molar refractivity (Wildman–Crippen MR) is 115 cm³/mol. The first-order valence-electron chi connectivity index (χ1n) is 11.1. The maximum Gasteiger partial charge on any atom is 0.276 e. The van der Waals surface area contributed by atoms with Gasteiger partial charge in [0.05, 0.1) is 11.4 Å². The lowest BCUT2D eigenvalue weighted by Gasteiger charge is -2.38. The van der Waals surface area contributed by atoms with Crippen molar-refractivity contribution in [1.29, 1.82) is 0 Å². The van der Waals surface area contributed by atoms with Crippen molar-refractivity contribution >= 4 is 5.91 Å². The van der Waals surface area contributed by atoms with Crippen LogP contribution in [-0.2, 0) is 6.42 Å². The summed E-state index contributed by atoms with van der Waals surface area (Å²) in [6.45, 7) is 10.4. The molecule has 6 heteroatoms. The number of amides is 1. The van der Waals surface area contributed by atoms with Crippen molar-refractivity contribution in [3.63, 3.8) is 0 Å². The molecule has 2 aliphatic heterocycles. The largest absolute Gasteiger partial charge is 0.337 e. The quantitative estimate of drug-likeness (QED) is 0.841. The zero-order valence-corrected chi connectivity index (χ0v) is 17.9. The van der Waals surface area contributed by atoms with E-state index < -0.39 is 0 Å². The summed E-state index contributed by atoms with van der Waals surface area (Å²) in [6, 6.07) is 8.40. The standard InChI is InChI=1S/C23H33N5O/c1-4-6-20-21(22(29)27-13-10-23(11-14-27)9-12-24-16-23)25-26-28(20)19-8-5-7-18(15-19)17(2)3/h5,7-8,15,17,24H,4,6,9-14,16H2,1-3H3. The molecule has 1 aromatic carbocycles. The number of nitrogens with zero attached hydrogens (tertiary/aromatic N) is 4. The Morgan fingerprint density at radius 3 is 2.69 bits per heavy atom. The number of nitrogens with one attached hydrogen (secondary N) is 1. The minimum atomic E-state index is 0.0421. The molecule has 2 fully saturated rings. The average Bonchev–Trinajstić information content (AvgIpc) is 3.36. The van der Waals surface area contributed by atoms with Gasteiger partial charge in [-0.25, -0.2) is 4.68 Å². The second kappa shape index (κ2) is 8.27. The number of rotatable bonds is 5. The Labute approximate surface area is 173 Å². The lowest BCUT2D eigenvalue weighted by Crippen LogP contribution is -2.44. The van der Waals surface area contributed by atoms with Crippen LogP contribution in [0.1, 0.15) is 74.1 Å². The summed E-state index contributed by atoms with van der Waals surface area (Å²) >= 11 is 0. The van der Waals surface area contributed by atoms with Gasteiger partial charge in [-0.3, -0.25) is 4.79 Å². The number of carbonyl (C=O) groups is 1. The molecule has 156 valence electrons. The lowest BCUT2D eigenvalue weighted by atomic mass is 9.78. The first kappa shape index (κ1) is 20.1. The van der Waals surface area contributed by atoms with Crippen molar-refractivity contribution < 1.29 is 4.79 Å². The van der Waals surface area contributed by atoms with Crippen molar-refractivity contribution in [3.05, 3.63) is 41.2 Å². The Balaban J connectivity index is 1.58. The second-order valence-electron chi connectivity index (χ2n) is 9.02. The Morgan fingerprint density at radius 1 is 1.24 bits per heavy atom. The molecule has 3 heterocycles. The average molecular weight is 396 g/mol. The topological polar surface area (TPSA) is 63.1 Å². The van der Waals surface area contributed by atoms with Crippen LogP contribution in [0.25, 0.3) is 5.69 Å². The fourth-order valence-corrected chi connectivity index (χ4v) is 4.71. The molecule has 1 amide bonds. The van der Waals surface area contributed by atoms with Crippen molar-refractivity contribution in [1.82, 2.24) is 25.2 Å². The summed E-state index contributed by atoms with van der Waals surface area (Å²) in [5.41, 5.74) is 4.11. The number of piperidine rings is 1. The molecule has 2 aromatic rings. The number of benzene rings is 1. The molecule has 0 radical (unpaired) electrons. The molecule has 0 bridgehead atoms.